The number of carbonyl (C=O) groups is 1. The molecule has 0 aliphatic carbocycles. The van der Waals surface area contributed by atoms with Crippen LogP contribution in [0.2, 0.25) is 0 Å². The van der Waals surface area contributed by atoms with Crippen LogP contribution in [0, 0.1) is 12.3 Å². The summed E-state index contributed by atoms with van der Waals surface area (Å²) in [4.78, 5) is 10.5. The Bertz CT molecular complexity index is 174. The van der Waals surface area contributed by atoms with Gasteiger partial charge in [-0.15, -0.1) is 12.3 Å². The maximum atomic E-state index is 10.5. The molecule has 0 aliphatic heterocycles. The zero-order chi connectivity index (χ0) is 9.40. The SMILES string of the molecule is C#CCCNC(COC)C(=O)O. The third-order valence-electron chi connectivity index (χ3n) is 1.29. The first kappa shape index (κ1) is 11.0. The van der Waals surface area contributed by atoms with E-state index in [2.05, 4.69) is 11.2 Å². The Kier molecular flexibility index (Phi) is 6.07. The first-order valence-corrected chi connectivity index (χ1v) is 3.61. The molecule has 1 unspecified atom stereocenters. The molecule has 0 heterocycles. The Morgan fingerprint density at radius 3 is 2.92 bits per heavy atom. The van der Waals surface area contributed by atoms with Crippen molar-refractivity contribution in [2.45, 2.75) is 12.5 Å². The molecule has 4 nitrogen and oxygen atoms in total. The summed E-state index contributed by atoms with van der Waals surface area (Å²) in [5.41, 5.74) is 0. The lowest BCUT2D eigenvalue weighted by atomic mass is 10.3. The minimum atomic E-state index is -0.922. The van der Waals surface area contributed by atoms with Crippen LogP contribution in [0.1, 0.15) is 6.42 Å². The number of terminal acetylenes is 1. The second-order valence-corrected chi connectivity index (χ2v) is 2.25. The Hall–Kier alpha value is -1.05. The number of aliphatic carboxylic acids is 1. The fourth-order valence-electron chi connectivity index (χ4n) is 0.703. The van der Waals surface area contributed by atoms with Crippen LogP contribution < -0.4 is 5.32 Å². The van der Waals surface area contributed by atoms with Gasteiger partial charge in [0.1, 0.15) is 6.04 Å². The summed E-state index contributed by atoms with van der Waals surface area (Å²) in [5, 5.41) is 11.4. The van der Waals surface area contributed by atoms with Crippen molar-refractivity contribution in [3.8, 4) is 12.3 Å². The van der Waals surface area contributed by atoms with Gasteiger partial charge in [0, 0.05) is 20.1 Å². The molecular weight excluding hydrogens is 158 g/mol. The molecule has 0 radical (unpaired) electrons. The second-order valence-electron chi connectivity index (χ2n) is 2.25. The molecule has 4 heteroatoms. The highest BCUT2D eigenvalue weighted by molar-refractivity contribution is 5.73. The molecule has 0 amide bonds. The van der Waals surface area contributed by atoms with E-state index in [4.69, 9.17) is 16.3 Å². The van der Waals surface area contributed by atoms with Gasteiger partial charge < -0.3 is 15.2 Å². The summed E-state index contributed by atoms with van der Waals surface area (Å²) in [6.45, 7) is 0.650. The normalized spacial score (nSPS) is 12.0. The molecular formula is C8H13NO3. The number of methoxy groups -OCH3 is 1. The standard InChI is InChI=1S/C8H13NO3/c1-3-4-5-9-7(6-12-2)8(10)11/h1,7,9H,4-6H2,2H3,(H,10,11). The van der Waals surface area contributed by atoms with Gasteiger partial charge in [-0.25, -0.2) is 0 Å². The molecule has 12 heavy (non-hydrogen) atoms. The summed E-state index contributed by atoms with van der Waals surface area (Å²) >= 11 is 0. The zero-order valence-electron chi connectivity index (χ0n) is 7.04. The van der Waals surface area contributed by atoms with Crippen LogP contribution in [0.5, 0.6) is 0 Å². The molecule has 2 N–H and O–H groups in total. The van der Waals surface area contributed by atoms with Crippen LogP contribution in [-0.4, -0.2) is 37.4 Å². The van der Waals surface area contributed by atoms with E-state index in [1.165, 1.54) is 7.11 Å². The van der Waals surface area contributed by atoms with Crippen molar-refractivity contribution in [1.82, 2.24) is 5.32 Å². The van der Waals surface area contributed by atoms with Gasteiger partial charge in [-0.3, -0.25) is 4.79 Å². The zero-order valence-corrected chi connectivity index (χ0v) is 7.04. The van der Waals surface area contributed by atoms with E-state index in [1.54, 1.807) is 0 Å². The van der Waals surface area contributed by atoms with Gasteiger partial charge in [-0.1, -0.05) is 0 Å². The molecule has 0 spiro atoms. The number of ether oxygens (including phenoxy) is 1. The number of nitrogens with one attached hydrogen (secondary N) is 1. The molecule has 0 aromatic heterocycles. The van der Waals surface area contributed by atoms with Crippen molar-refractivity contribution in [2.24, 2.45) is 0 Å². The van der Waals surface area contributed by atoms with Crippen molar-refractivity contribution in [1.29, 1.82) is 0 Å². The molecule has 0 rings (SSSR count). The summed E-state index contributed by atoms with van der Waals surface area (Å²) in [5.74, 6) is 1.49. The van der Waals surface area contributed by atoms with Gasteiger partial charge >= 0.3 is 5.97 Å². The van der Waals surface area contributed by atoms with Gasteiger partial charge in [0.25, 0.3) is 0 Å². The largest absolute Gasteiger partial charge is 0.480 e. The van der Waals surface area contributed by atoms with Gasteiger partial charge in [0.15, 0.2) is 0 Å². The monoisotopic (exact) mass is 171 g/mol. The Balaban J connectivity index is 3.65. The Morgan fingerprint density at radius 1 is 1.83 bits per heavy atom. The Morgan fingerprint density at radius 2 is 2.50 bits per heavy atom. The van der Waals surface area contributed by atoms with Crippen LogP contribution in [0.4, 0.5) is 0 Å². The van der Waals surface area contributed by atoms with E-state index in [1.807, 2.05) is 0 Å². The highest BCUT2D eigenvalue weighted by Crippen LogP contribution is 1.85. The molecule has 68 valence electrons. The smallest absolute Gasteiger partial charge is 0.323 e. The molecule has 0 aromatic rings. The van der Waals surface area contributed by atoms with Crippen molar-refractivity contribution < 1.29 is 14.6 Å². The molecule has 0 bridgehead atoms. The van der Waals surface area contributed by atoms with E-state index in [-0.39, 0.29) is 6.61 Å². The molecule has 0 saturated heterocycles. The van der Waals surface area contributed by atoms with Crippen LogP contribution in [0.3, 0.4) is 0 Å². The third kappa shape index (κ3) is 4.72. The van der Waals surface area contributed by atoms with Crippen LogP contribution in [-0.2, 0) is 9.53 Å². The van der Waals surface area contributed by atoms with Crippen LogP contribution >= 0.6 is 0 Å². The summed E-state index contributed by atoms with van der Waals surface area (Å²) < 4.78 is 4.70. The van der Waals surface area contributed by atoms with E-state index in [0.717, 1.165) is 0 Å². The second kappa shape index (κ2) is 6.65. The number of carboxylic acids is 1. The Labute approximate surface area is 71.9 Å². The lowest BCUT2D eigenvalue weighted by Gasteiger charge is -2.11. The minimum Gasteiger partial charge on any atom is -0.480 e. The first-order chi connectivity index (χ1) is 5.72. The number of hydrogen-bond acceptors (Lipinski definition) is 3. The van der Waals surface area contributed by atoms with E-state index in [0.29, 0.717) is 13.0 Å². The summed E-state index contributed by atoms with van der Waals surface area (Å²) in [7, 11) is 1.46. The van der Waals surface area contributed by atoms with Crippen molar-refractivity contribution in [3.05, 3.63) is 0 Å². The molecule has 1 atom stereocenters. The first-order valence-electron chi connectivity index (χ1n) is 3.61. The predicted molar refractivity (Wildman–Crippen MR) is 44.8 cm³/mol. The minimum absolute atomic E-state index is 0.153. The summed E-state index contributed by atoms with van der Waals surface area (Å²) in [6, 6.07) is -0.664. The van der Waals surface area contributed by atoms with Gasteiger partial charge in [0.05, 0.1) is 6.61 Å². The average molecular weight is 171 g/mol. The van der Waals surface area contributed by atoms with Crippen molar-refractivity contribution in [3.63, 3.8) is 0 Å². The van der Waals surface area contributed by atoms with Gasteiger partial charge in [-0.05, 0) is 0 Å². The van der Waals surface area contributed by atoms with Crippen LogP contribution in [0.15, 0.2) is 0 Å². The molecule has 0 aliphatic rings. The molecule has 0 aromatic carbocycles. The molecule has 0 fully saturated rings. The number of carboxylic acid groups (broad SMARTS) is 1. The highest BCUT2D eigenvalue weighted by atomic mass is 16.5. The number of rotatable bonds is 6. The lowest BCUT2D eigenvalue weighted by molar-refractivity contribution is -0.140. The highest BCUT2D eigenvalue weighted by Gasteiger charge is 2.14. The topological polar surface area (TPSA) is 58.6 Å². The molecule has 0 saturated carbocycles. The van der Waals surface area contributed by atoms with E-state index in [9.17, 15) is 4.79 Å². The average Bonchev–Trinajstić information content (AvgIpc) is 2.03. The lowest BCUT2D eigenvalue weighted by Crippen LogP contribution is -2.40. The predicted octanol–water partition coefficient (Wildman–Crippen LogP) is -0.301. The maximum absolute atomic E-state index is 10.5. The van der Waals surface area contributed by atoms with Crippen molar-refractivity contribution in [2.75, 3.05) is 20.3 Å². The van der Waals surface area contributed by atoms with E-state index >= 15 is 0 Å². The maximum Gasteiger partial charge on any atom is 0.323 e. The van der Waals surface area contributed by atoms with Gasteiger partial charge in [-0.2, -0.15) is 0 Å². The third-order valence-corrected chi connectivity index (χ3v) is 1.29. The van der Waals surface area contributed by atoms with Crippen molar-refractivity contribution >= 4 is 5.97 Å². The van der Waals surface area contributed by atoms with Gasteiger partial charge in [0.2, 0.25) is 0 Å². The van der Waals surface area contributed by atoms with Crippen LogP contribution in [0.25, 0.3) is 0 Å². The number of hydrogen-bond donors (Lipinski definition) is 2. The fraction of sp³-hybridized carbons (Fsp3) is 0.625. The van der Waals surface area contributed by atoms with E-state index < -0.39 is 12.0 Å². The quantitative estimate of drug-likeness (QED) is 0.425. The fourth-order valence-corrected chi connectivity index (χ4v) is 0.703. The summed E-state index contributed by atoms with van der Waals surface area (Å²) in [6.07, 6.45) is 5.52.